The minimum absolute atomic E-state index is 0.0459. The van der Waals surface area contributed by atoms with Gasteiger partial charge in [0.15, 0.2) is 5.43 Å². The number of aromatic nitrogens is 1. The summed E-state index contributed by atoms with van der Waals surface area (Å²) in [7, 11) is 0. The summed E-state index contributed by atoms with van der Waals surface area (Å²) in [5.41, 5.74) is 1.38. The first-order chi connectivity index (χ1) is 12.9. The zero-order chi connectivity index (χ0) is 19.7. The number of benzene rings is 1. The number of carbonyl (C=O) groups is 1. The molecule has 2 heterocycles. The number of nitrogens with zero attached hydrogens (tertiary/aromatic N) is 2. The molecule has 1 unspecified atom stereocenters. The van der Waals surface area contributed by atoms with Crippen LogP contribution in [-0.4, -0.2) is 28.8 Å². The van der Waals surface area contributed by atoms with Gasteiger partial charge in [0.2, 0.25) is 0 Å². The molecule has 1 N–H and O–H groups in total. The van der Waals surface area contributed by atoms with Crippen LogP contribution in [0.3, 0.4) is 0 Å². The van der Waals surface area contributed by atoms with Crippen molar-refractivity contribution >= 4 is 17.5 Å². The number of hydrogen-bond acceptors (Lipinski definition) is 5. The van der Waals surface area contributed by atoms with Gasteiger partial charge >= 0.3 is 5.91 Å². The van der Waals surface area contributed by atoms with Crippen molar-refractivity contribution in [2.24, 2.45) is 11.1 Å². The molecule has 0 saturated heterocycles. The summed E-state index contributed by atoms with van der Waals surface area (Å²) < 4.78 is 7.31. The first kappa shape index (κ1) is 19.3. The summed E-state index contributed by atoms with van der Waals surface area (Å²) in [6.45, 7) is 4.11. The number of aliphatic hydroxyl groups excluding tert-OH is 1. The van der Waals surface area contributed by atoms with E-state index in [0.29, 0.717) is 28.5 Å². The van der Waals surface area contributed by atoms with Crippen LogP contribution in [0.1, 0.15) is 35.8 Å². The molecule has 1 aromatic heterocycles. The van der Waals surface area contributed by atoms with Gasteiger partial charge in [0.1, 0.15) is 17.9 Å². The van der Waals surface area contributed by atoms with Gasteiger partial charge in [-0.25, -0.2) is 0 Å². The molecule has 0 aliphatic carbocycles. The molecule has 1 amide bonds. The highest BCUT2D eigenvalue weighted by atomic mass is 35.5. The number of rotatable bonds is 5. The quantitative estimate of drug-likeness (QED) is 0.790. The zero-order valence-corrected chi connectivity index (χ0v) is 15.7. The van der Waals surface area contributed by atoms with Crippen LogP contribution in [0.2, 0.25) is 5.02 Å². The monoisotopic (exact) mass is 390 g/mol. The molecule has 3 rings (SSSR count). The Morgan fingerprint density at radius 1 is 1.41 bits per heavy atom. The molecule has 0 spiro atoms. The molecule has 27 heavy (non-hydrogen) atoms. The average molecular weight is 391 g/mol. The summed E-state index contributed by atoms with van der Waals surface area (Å²) in [5, 5.41) is 11.7. The van der Waals surface area contributed by atoms with Gasteiger partial charge in [-0.05, 0) is 30.0 Å². The molecule has 1 aliphatic rings. The fraction of sp³-hybridized carbons (Fsp3) is 0.368. The fourth-order valence-corrected chi connectivity index (χ4v) is 3.77. The molecule has 0 radical (unpaired) electrons. The van der Waals surface area contributed by atoms with Gasteiger partial charge < -0.3 is 14.4 Å². The molecule has 2 aromatic rings. The third-order valence-corrected chi connectivity index (χ3v) is 5.01. The van der Waals surface area contributed by atoms with Crippen molar-refractivity contribution in [1.29, 1.82) is 0 Å². The number of carbonyl (C=O) groups excluding carboxylic acids is 1. The second kappa shape index (κ2) is 7.62. The van der Waals surface area contributed by atoms with E-state index in [0.717, 1.165) is 5.56 Å². The number of halogens is 1. The Labute approximate surface area is 160 Å². The molecule has 1 aromatic carbocycles. The van der Waals surface area contributed by atoms with E-state index in [1.165, 1.54) is 12.3 Å². The largest absolute Gasteiger partial charge is 0.491 e. The van der Waals surface area contributed by atoms with Gasteiger partial charge in [-0.3, -0.25) is 9.59 Å². The lowest BCUT2D eigenvalue weighted by atomic mass is 9.87. The smallest absolute Gasteiger partial charge is 0.322 e. The first-order valence-corrected chi connectivity index (χ1v) is 8.95. The van der Waals surface area contributed by atoms with Crippen molar-refractivity contribution in [1.82, 2.24) is 4.57 Å². The highest BCUT2D eigenvalue weighted by Crippen LogP contribution is 2.42. The normalized spacial score (nSPS) is 15.2. The molecular formula is C19H19ClN2O5. The average Bonchev–Trinajstić information content (AvgIpc) is 2.64. The van der Waals surface area contributed by atoms with Crippen molar-refractivity contribution < 1.29 is 14.6 Å². The summed E-state index contributed by atoms with van der Waals surface area (Å²) in [6, 6.07) is 4.76. The van der Waals surface area contributed by atoms with Gasteiger partial charge in [-0.15, -0.1) is 4.91 Å². The second-order valence-electron chi connectivity index (χ2n) is 6.77. The third-order valence-electron chi connectivity index (χ3n) is 4.71. The number of aliphatic hydroxyl groups is 1. The second-order valence-corrected chi connectivity index (χ2v) is 7.17. The predicted molar refractivity (Wildman–Crippen MR) is 101 cm³/mol. The van der Waals surface area contributed by atoms with Crippen LogP contribution >= 0.6 is 11.6 Å². The molecule has 0 fully saturated rings. The van der Waals surface area contributed by atoms with E-state index in [-0.39, 0.29) is 30.7 Å². The van der Waals surface area contributed by atoms with Crippen molar-refractivity contribution in [3.63, 3.8) is 0 Å². The van der Waals surface area contributed by atoms with Crippen LogP contribution in [0.5, 0.6) is 5.75 Å². The maximum Gasteiger partial charge on any atom is 0.322 e. The molecule has 1 atom stereocenters. The Hall–Kier alpha value is -2.51. The summed E-state index contributed by atoms with van der Waals surface area (Å²) in [6.07, 6.45) is 2.02. The van der Waals surface area contributed by atoms with Crippen LogP contribution < -0.4 is 10.2 Å². The first-order valence-electron chi connectivity index (χ1n) is 8.57. The summed E-state index contributed by atoms with van der Waals surface area (Å²) >= 11 is 6.47. The number of nitroso groups, excluding NO2 is 1. The van der Waals surface area contributed by atoms with Gasteiger partial charge in [0.05, 0.1) is 17.3 Å². The molecule has 0 saturated carbocycles. The maximum atomic E-state index is 12.4. The Bertz CT molecular complexity index is 967. The van der Waals surface area contributed by atoms with Crippen molar-refractivity contribution in [3.8, 4) is 17.0 Å². The van der Waals surface area contributed by atoms with Gasteiger partial charge in [0, 0.05) is 29.0 Å². The van der Waals surface area contributed by atoms with Crippen LogP contribution in [0.25, 0.3) is 11.3 Å². The van der Waals surface area contributed by atoms with E-state index < -0.39 is 11.3 Å². The molecular weight excluding hydrogens is 372 g/mol. The van der Waals surface area contributed by atoms with Crippen LogP contribution in [-0.2, 0) is 6.42 Å². The Balaban J connectivity index is 2.23. The molecule has 7 nitrogen and oxygen atoms in total. The number of amides is 1. The van der Waals surface area contributed by atoms with E-state index in [1.54, 1.807) is 6.07 Å². The minimum atomic E-state index is -1.08. The highest BCUT2D eigenvalue weighted by molar-refractivity contribution is 6.33. The van der Waals surface area contributed by atoms with E-state index in [2.05, 4.69) is 5.18 Å². The fourth-order valence-electron chi connectivity index (χ4n) is 3.45. The van der Waals surface area contributed by atoms with E-state index >= 15 is 0 Å². The molecule has 142 valence electrons. The Morgan fingerprint density at radius 2 is 2.15 bits per heavy atom. The number of ether oxygens (including phenoxy) is 1. The van der Waals surface area contributed by atoms with Crippen molar-refractivity contribution in [3.05, 3.63) is 55.7 Å². The number of hydrogen-bond donors (Lipinski definition) is 1. The Morgan fingerprint density at radius 3 is 2.78 bits per heavy atom. The number of pyridine rings is 1. The lowest BCUT2D eigenvalue weighted by Crippen LogP contribution is -2.28. The van der Waals surface area contributed by atoms with Crippen molar-refractivity contribution in [2.45, 2.75) is 26.3 Å². The highest BCUT2D eigenvalue weighted by Gasteiger charge is 2.30. The molecule has 8 heteroatoms. The molecule has 1 aliphatic heterocycles. The lowest BCUT2D eigenvalue weighted by Gasteiger charge is -2.34. The van der Waals surface area contributed by atoms with Gasteiger partial charge in [-0.2, -0.15) is 0 Å². The summed E-state index contributed by atoms with van der Waals surface area (Å²) in [5.74, 6) is -0.349. The van der Waals surface area contributed by atoms with E-state index in [9.17, 15) is 14.5 Å². The van der Waals surface area contributed by atoms with Crippen LogP contribution in [0.4, 0.5) is 0 Å². The number of fused-ring (bicyclic) bond motifs is 3. The van der Waals surface area contributed by atoms with Crippen molar-refractivity contribution in [2.75, 3.05) is 13.2 Å². The lowest BCUT2D eigenvalue weighted by molar-refractivity contribution is 0.0998. The van der Waals surface area contributed by atoms with Crippen LogP contribution in [0, 0.1) is 10.8 Å². The Kier molecular flexibility index (Phi) is 5.43. The predicted octanol–water partition coefficient (Wildman–Crippen LogP) is 3.20. The standard InChI is InChI=1S/C19H19ClN2O5/c1-10(2)15-6-11-5-12(27-4-3-23)7-14(20)18(11)16-8-17(24)13(9-22(15)16)19(25)21-26/h5,7-10,15,23H,3-4,6H2,1-2H3. The van der Waals surface area contributed by atoms with E-state index in [4.69, 9.17) is 21.4 Å². The third kappa shape index (κ3) is 3.52. The van der Waals surface area contributed by atoms with Gasteiger partial charge in [0.25, 0.3) is 0 Å². The molecule has 0 bridgehead atoms. The summed E-state index contributed by atoms with van der Waals surface area (Å²) in [4.78, 5) is 34.7. The van der Waals surface area contributed by atoms with Crippen LogP contribution in [0.15, 0.2) is 34.4 Å². The zero-order valence-electron chi connectivity index (χ0n) is 14.9. The topological polar surface area (TPSA) is 98.0 Å². The minimum Gasteiger partial charge on any atom is -0.491 e. The van der Waals surface area contributed by atoms with Gasteiger partial charge in [-0.1, -0.05) is 25.4 Å². The maximum absolute atomic E-state index is 12.4. The van der Waals surface area contributed by atoms with E-state index in [1.807, 2.05) is 24.5 Å². The SMILES string of the molecule is CC(C)C1Cc2cc(OCCO)cc(Cl)c2-c2cc(=O)c(C(=O)N=O)cn21.